The fourth-order valence-corrected chi connectivity index (χ4v) is 2.72. The molecule has 1 aliphatic heterocycles. The van der Waals surface area contributed by atoms with Gasteiger partial charge in [0.15, 0.2) is 0 Å². The molecule has 1 aromatic heterocycles. The second-order valence-corrected chi connectivity index (χ2v) is 4.50. The monoisotopic (exact) mass is 214 g/mol. The molecule has 0 fully saturated rings. The molecule has 0 unspecified atom stereocenters. The Bertz CT molecular complexity index is 447. The molecule has 1 radical (unpaired) electrons. The largest absolute Gasteiger partial charge is 0.340 e. The normalized spacial score (nSPS) is 15.1. The highest BCUT2D eigenvalue weighted by Gasteiger charge is 2.17. The van der Waals surface area contributed by atoms with Gasteiger partial charge in [-0.1, -0.05) is 18.2 Å². The van der Waals surface area contributed by atoms with Crippen LogP contribution in [-0.4, -0.2) is 6.54 Å². The van der Waals surface area contributed by atoms with E-state index in [4.69, 9.17) is 0 Å². The van der Waals surface area contributed by atoms with Crippen molar-refractivity contribution in [1.29, 1.82) is 0 Å². The van der Waals surface area contributed by atoms with E-state index in [1.165, 1.54) is 29.8 Å². The van der Waals surface area contributed by atoms with Crippen molar-refractivity contribution in [2.24, 2.45) is 0 Å². The number of anilines is 2. The Hall–Kier alpha value is -1.28. The third kappa shape index (κ3) is 1.55. The topological polar surface area (TPSA) is 3.24 Å². The summed E-state index contributed by atoms with van der Waals surface area (Å²) in [6.45, 7) is 1.12. The van der Waals surface area contributed by atoms with Crippen LogP contribution < -0.4 is 4.90 Å². The first-order valence-electron chi connectivity index (χ1n) is 5.26. The Morgan fingerprint density at radius 1 is 1.20 bits per heavy atom. The summed E-state index contributed by atoms with van der Waals surface area (Å²) in [5, 5.41) is 5.41. The number of rotatable bonds is 1. The molecule has 0 bridgehead atoms. The summed E-state index contributed by atoms with van der Waals surface area (Å²) in [6, 6.07) is 10.8. The molecule has 0 saturated heterocycles. The Morgan fingerprint density at radius 2 is 2.13 bits per heavy atom. The van der Waals surface area contributed by atoms with Crippen LogP contribution in [0.3, 0.4) is 0 Å². The fraction of sp³-hybridized carbons (Fsp3) is 0.231. The maximum Gasteiger partial charge on any atom is 0.0700 e. The molecule has 0 aliphatic carbocycles. The number of para-hydroxylation sites is 1. The predicted molar refractivity (Wildman–Crippen MR) is 64.9 cm³/mol. The number of aryl methyl sites for hydroxylation is 1. The van der Waals surface area contributed by atoms with E-state index in [1.807, 2.05) is 0 Å². The fourth-order valence-electron chi connectivity index (χ4n) is 2.16. The van der Waals surface area contributed by atoms with E-state index in [9.17, 15) is 0 Å². The van der Waals surface area contributed by atoms with Gasteiger partial charge in [-0.25, -0.2) is 0 Å². The third-order valence-corrected chi connectivity index (χ3v) is 3.46. The molecule has 2 heteroatoms. The average molecular weight is 214 g/mol. The second-order valence-electron chi connectivity index (χ2n) is 3.79. The zero-order chi connectivity index (χ0) is 10.1. The van der Waals surface area contributed by atoms with E-state index in [2.05, 4.69) is 46.0 Å². The van der Waals surface area contributed by atoms with Gasteiger partial charge in [0, 0.05) is 12.2 Å². The van der Waals surface area contributed by atoms with Gasteiger partial charge in [-0.05, 0) is 35.9 Å². The number of fused-ring (bicyclic) bond motifs is 1. The number of hydrogen-bond donors (Lipinski definition) is 0. The van der Waals surface area contributed by atoms with E-state index < -0.39 is 0 Å². The van der Waals surface area contributed by atoms with Crippen molar-refractivity contribution in [3.63, 3.8) is 0 Å². The van der Waals surface area contributed by atoms with Crippen molar-refractivity contribution in [2.75, 3.05) is 11.4 Å². The molecule has 1 aliphatic rings. The third-order valence-electron chi connectivity index (χ3n) is 2.86. The van der Waals surface area contributed by atoms with Crippen molar-refractivity contribution in [1.82, 2.24) is 0 Å². The van der Waals surface area contributed by atoms with Gasteiger partial charge in [0.25, 0.3) is 0 Å². The maximum absolute atomic E-state index is 3.32. The Kier molecular flexibility index (Phi) is 2.22. The van der Waals surface area contributed by atoms with Crippen LogP contribution in [0.2, 0.25) is 0 Å². The minimum atomic E-state index is 1.12. The maximum atomic E-state index is 3.32. The summed E-state index contributed by atoms with van der Waals surface area (Å²) in [5.41, 5.74) is 4.04. The summed E-state index contributed by atoms with van der Waals surface area (Å²) >= 11 is 1.64. The van der Waals surface area contributed by atoms with Gasteiger partial charge in [-0.3, -0.25) is 0 Å². The Morgan fingerprint density at radius 3 is 3.00 bits per heavy atom. The van der Waals surface area contributed by atoms with Crippen molar-refractivity contribution < 1.29 is 0 Å². The molecule has 75 valence electrons. The molecule has 0 amide bonds. The predicted octanol–water partition coefficient (Wildman–Crippen LogP) is 3.63. The van der Waals surface area contributed by atoms with Crippen molar-refractivity contribution in [3.05, 3.63) is 46.7 Å². The van der Waals surface area contributed by atoms with E-state index in [-0.39, 0.29) is 0 Å². The van der Waals surface area contributed by atoms with Crippen LogP contribution >= 0.6 is 11.3 Å². The Balaban J connectivity index is 2.06. The molecule has 0 spiro atoms. The van der Waals surface area contributed by atoms with Crippen LogP contribution in [0.4, 0.5) is 11.4 Å². The highest BCUT2D eigenvalue weighted by Crippen LogP contribution is 2.33. The minimum Gasteiger partial charge on any atom is -0.340 e. The standard InChI is InChI=1S/C13H12NS/c1-2-6-13-11(4-1)5-3-8-14(13)12-7-9-15-10-12/h1-2,4,6-7,9H,3,5,8H2. The van der Waals surface area contributed by atoms with Crippen LogP contribution in [-0.2, 0) is 6.42 Å². The van der Waals surface area contributed by atoms with Crippen molar-refractivity contribution in [2.45, 2.75) is 12.8 Å². The van der Waals surface area contributed by atoms with E-state index in [0.29, 0.717) is 0 Å². The molecule has 15 heavy (non-hydrogen) atoms. The molecular weight excluding hydrogens is 202 g/mol. The number of hydrogen-bond acceptors (Lipinski definition) is 2. The van der Waals surface area contributed by atoms with Crippen LogP contribution in [0.5, 0.6) is 0 Å². The quantitative estimate of drug-likeness (QED) is 0.700. The smallest absolute Gasteiger partial charge is 0.0700 e. The van der Waals surface area contributed by atoms with Crippen LogP contribution in [0, 0.1) is 5.38 Å². The van der Waals surface area contributed by atoms with Crippen molar-refractivity contribution in [3.8, 4) is 0 Å². The molecule has 1 aromatic carbocycles. The first kappa shape index (κ1) is 8.98. The molecule has 2 heterocycles. The summed E-state index contributed by atoms with van der Waals surface area (Å²) < 4.78 is 0. The van der Waals surface area contributed by atoms with Gasteiger partial charge in [0.1, 0.15) is 0 Å². The average Bonchev–Trinajstić information content (AvgIpc) is 2.82. The van der Waals surface area contributed by atoms with Crippen molar-refractivity contribution >= 4 is 22.7 Å². The highest BCUT2D eigenvalue weighted by molar-refractivity contribution is 7.07. The minimum absolute atomic E-state index is 1.12. The first-order valence-corrected chi connectivity index (χ1v) is 6.14. The van der Waals surface area contributed by atoms with Crippen LogP contribution in [0.25, 0.3) is 0 Å². The van der Waals surface area contributed by atoms with Gasteiger partial charge in [0.05, 0.1) is 11.1 Å². The lowest BCUT2D eigenvalue weighted by Gasteiger charge is -2.30. The lowest BCUT2D eigenvalue weighted by Crippen LogP contribution is -2.23. The molecule has 2 aromatic rings. The number of thiophene rings is 1. The summed E-state index contributed by atoms with van der Waals surface area (Å²) in [4.78, 5) is 2.37. The lowest BCUT2D eigenvalue weighted by molar-refractivity contribution is 0.767. The number of benzene rings is 1. The van der Waals surface area contributed by atoms with Gasteiger partial charge < -0.3 is 4.90 Å². The summed E-state index contributed by atoms with van der Waals surface area (Å²) in [7, 11) is 0. The molecule has 0 saturated carbocycles. The molecule has 0 N–H and O–H groups in total. The van der Waals surface area contributed by atoms with Gasteiger partial charge in [-0.2, -0.15) is 0 Å². The highest BCUT2D eigenvalue weighted by atomic mass is 32.1. The van der Waals surface area contributed by atoms with Crippen LogP contribution in [0.15, 0.2) is 35.7 Å². The molecule has 1 nitrogen and oxygen atoms in total. The lowest BCUT2D eigenvalue weighted by atomic mass is 10.0. The van der Waals surface area contributed by atoms with Gasteiger partial charge >= 0.3 is 0 Å². The van der Waals surface area contributed by atoms with Crippen LogP contribution in [0.1, 0.15) is 12.0 Å². The zero-order valence-corrected chi connectivity index (χ0v) is 9.26. The van der Waals surface area contributed by atoms with Gasteiger partial charge in [0.2, 0.25) is 0 Å². The first-order chi connectivity index (χ1) is 7.45. The number of nitrogens with zero attached hydrogens (tertiary/aromatic N) is 1. The van der Waals surface area contributed by atoms with E-state index in [0.717, 1.165) is 6.54 Å². The zero-order valence-electron chi connectivity index (χ0n) is 8.44. The van der Waals surface area contributed by atoms with E-state index in [1.54, 1.807) is 11.3 Å². The Labute approximate surface area is 94.0 Å². The SMILES string of the molecule is [c]1sccc1N1CCCc2ccccc21. The van der Waals surface area contributed by atoms with E-state index >= 15 is 0 Å². The summed E-state index contributed by atoms with van der Waals surface area (Å²) in [5.74, 6) is 0. The molecular formula is C13H12NS. The molecule has 0 atom stereocenters. The second kappa shape index (κ2) is 3.70. The van der Waals surface area contributed by atoms with Gasteiger partial charge in [-0.15, -0.1) is 11.3 Å². The summed E-state index contributed by atoms with van der Waals surface area (Å²) in [6.07, 6.45) is 2.44. The molecule has 3 rings (SSSR count).